The molecule has 3 N–H and O–H groups in total. The van der Waals surface area contributed by atoms with Crippen LogP contribution < -0.4 is 11.1 Å². The first-order valence-electron chi connectivity index (χ1n) is 6.95. The number of nitrogens with zero attached hydrogens (tertiary/aromatic N) is 1. The highest BCUT2D eigenvalue weighted by atomic mass is 32.1. The summed E-state index contributed by atoms with van der Waals surface area (Å²) in [4.78, 5) is 16.1. The van der Waals surface area contributed by atoms with Crippen molar-refractivity contribution in [3.05, 3.63) is 16.1 Å². The summed E-state index contributed by atoms with van der Waals surface area (Å²) in [6.07, 6.45) is 4.00. The molecule has 0 saturated carbocycles. The minimum Gasteiger partial charge on any atom is -0.354 e. The molecule has 1 aromatic rings. The van der Waals surface area contributed by atoms with Gasteiger partial charge in [0.15, 0.2) is 0 Å². The van der Waals surface area contributed by atoms with Gasteiger partial charge in [0.1, 0.15) is 0 Å². The number of hydrogen-bond acceptors (Lipinski definition) is 4. The van der Waals surface area contributed by atoms with E-state index in [0.717, 1.165) is 36.4 Å². The van der Waals surface area contributed by atoms with E-state index in [1.165, 1.54) is 0 Å². The number of hydrogen-bond donors (Lipinski definition) is 2. The van der Waals surface area contributed by atoms with Gasteiger partial charge in [0.2, 0.25) is 5.91 Å². The zero-order chi connectivity index (χ0) is 14.3. The van der Waals surface area contributed by atoms with Gasteiger partial charge in [-0.1, -0.05) is 13.8 Å². The monoisotopic (exact) mass is 283 g/mol. The highest BCUT2D eigenvalue weighted by Gasteiger charge is 2.20. The van der Waals surface area contributed by atoms with Gasteiger partial charge < -0.3 is 11.1 Å². The number of aromatic nitrogens is 1. The smallest absolute Gasteiger partial charge is 0.220 e. The summed E-state index contributed by atoms with van der Waals surface area (Å²) >= 11 is 1.65. The topological polar surface area (TPSA) is 68.0 Å². The van der Waals surface area contributed by atoms with Crippen molar-refractivity contribution in [1.82, 2.24) is 10.3 Å². The van der Waals surface area contributed by atoms with Crippen molar-refractivity contribution in [3.8, 4) is 0 Å². The Morgan fingerprint density at radius 2 is 2.16 bits per heavy atom. The largest absolute Gasteiger partial charge is 0.354 e. The minimum absolute atomic E-state index is 0.0867. The molecule has 1 rings (SSSR count). The first-order valence-corrected chi connectivity index (χ1v) is 7.83. The summed E-state index contributed by atoms with van der Waals surface area (Å²) in [7, 11) is 0. The molecule has 0 atom stereocenters. The average Bonchev–Trinajstić information content (AvgIpc) is 2.82. The summed E-state index contributed by atoms with van der Waals surface area (Å²) in [6, 6.07) is 0. The Hall–Kier alpha value is -0.940. The molecular formula is C14H25N3OS. The van der Waals surface area contributed by atoms with E-state index in [1.54, 1.807) is 11.3 Å². The SMILES string of the molecule is CCC(N)(CC)CNC(=O)CCCc1csc(C)n1. The summed E-state index contributed by atoms with van der Waals surface area (Å²) < 4.78 is 0. The Labute approximate surface area is 119 Å². The molecule has 0 bridgehead atoms. The van der Waals surface area contributed by atoms with Crippen LogP contribution in [0.2, 0.25) is 0 Å². The van der Waals surface area contributed by atoms with Crippen LogP contribution in [0.25, 0.3) is 0 Å². The van der Waals surface area contributed by atoms with Crippen molar-refractivity contribution in [2.75, 3.05) is 6.54 Å². The van der Waals surface area contributed by atoms with E-state index >= 15 is 0 Å². The van der Waals surface area contributed by atoms with Gasteiger partial charge in [-0.2, -0.15) is 0 Å². The maximum atomic E-state index is 11.7. The van der Waals surface area contributed by atoms with Crippen LogP contribution in [-0.2, 0) is 11.2 Å². The lowest BCUT2D eigenvalue weighted by Crippen LogP contribution is -2.49. The molecule has 0 unspecified atom stereocenters. The zero-order valence-electron chi connectivity index (χ0n) is 12.2. The van der Waals surface area contributed by atoms with Crippen LogP contribution in [0, 0.1) is 6.92 Å². The van der Waals surface area contributed by atoms with Crippen LogP contribution in [0.4, 0.5) is 0 Å². The normalized spacial score (nSPS) is 11.6. The highest BCUT2D eigenvalue weighted by molar-refractivity contribution is 7.09. The maximum Gasteiger partial charge on any atom is 0.220 e. The second-order valence-electron chi connectivity index (χ2n) is 5.06. The molecule has 5 heteroatoms. The number of nitrogens with one attached hydrogen (secondary N) is 1. The Balaban J connectivity index is 2.21. The van der Waals surface area contributed by atoms with E-state index in [0.29, 0.717) is 13.0 Å². The summed E-state index contributed by atoms with van der Waals surface area (Å²) in [6.45, 7) is 6.67. The number of carbonyl (C=O) groups excluding carboxylic acids is 1. The number of rotatable bonds is 8. The predicted octanol–water partition coefficient (Wildman–Crippen LogP) is 2.41. The van der Waals surface area contributed by atoms with Crippen molar-refractivity contribution < 1.29 is 4.79 Å². The number of amides is 1. The van der Waals surface area contributed by atoms with Gasteiger partial charge in [-0.05, 0) is 32.6 Å². The van der Waals surface area contributed by atoms with E-state index in [-0.39, 0.29) is 11.4 Å². The van der Waals surface area contributed by atoms with Gasteiger partial charge >= 0.3 is 0 Å². The lowest BCUT2D eigenvalue weighted by molar-refractivity contribution is -0.121. The molecule has 0 spiro atoms. The van der Waals surface area contributed by atoms with Gasteiger partial charge in [0.05, 0.1) is 10.7 Å². The zero-order valence-corrected chi connectivity index (χ0v) is 13.0. The van der Waals surface area contributed by atoms with Crippen molar-refractivity contribution in [2.24, 2.45) is 5.73 Å². The third-order valence-corrected chi connectivity index (χ3v) is 4.37. The first-order chi connectivity index (χ1) is 8.99. The molecule has 0 aliphatic heterocycles. The van der Waals surface area contributed by atoms with Crippen LogP contribution in [0.1, 0.15) is 50.2 Å². The van der Waals surface area contributed by atoms with E-state index in [2.05, 4.69) is 29.5 Å². The van der Waals surface area contributed by atoms with Gasteiger partial charge in [-0.25, -0.2) is 4.98 Å². The Bertz CT molecular complexity index is 399. The van der Waals surface area contributed by atoms with Crippen LogP contribution in [0.3, 0.4) is 0 Å². The molecule has 0 aromatic carbocycles. The second kappa shape index (κ2) is 7.60. The third-order valence-electron chi connectivity index (χ3n) is 3.55. The molecule has 19 heavy (non-hydrogen) atoms. The summed E-state index contributed by atoms with van der Waals surface area (Å²) in [5, 5.41) is 6.08. The fourth-order valence-corrected chi connectivity index (χ4v) is 2.46. The second-order valence-corrected chi connectivity index (χ2v) is 6.12. The molecule has 0 aliphatic carbocycles. The molecule has 1 heterocycles. The fourth-order valence-electron chi connectivity index (χ4n) is 1.82. The molecule has 0 radical (unpaired) electrons. The summed E-state index contributed by atoms with van der Waals surface area (Å²) in [5.41, 5.74) is 6.97. The lowest BCUT2D eigenvalue weighted by atomic mass is 9.94. The van der Waals surface area contributed by atoms with Crippen molar-refractivity contribution >= 4 is 17.2 Å². The number of thiazole rings is 1. The summed E-state index contributed by atoms with van der Waals surface area (Å²) in [5.74, 6) is 0.0867. The molecule has 4 nitrogen and oxygen atoms in total. The fraction of sp³-hybridized carbons (Fsp3) is 0.714. The van der Waals surface area contributed by atoms with Gasteiger partial charge in [0.25, 0.3) is 0 Å². The maximum absolute atomic E-state index is 11.7. The van der Waals surface area contributed by atoms with Crippen molar-refractivity contribution in [3.63, 3.8) is 0 Å². The predicted molar refractivity (Wildman–Crippen MR) is 80.3 cm³/mol. The number of aryl methyl sites for hydroxylation is 2. The van der Waals surface area contributed by atoms with Crippen LogP contribution in [-0.4, -0.2) is 23.0 Å². The lowest BCUT2D eigenvalue weighted by Gasteiger charge is -2.26. The van der Waals surface area contributed by atoms with Crippen molar-refractivity contribution in [2.45, 2.75) is 58.4 Å². The Kier molecular flexibility index (Phi) is 6.45. The van der Waals surface area contributed by atoms with E-state index in [9.17, 15) is 4.79 Å². The molecule has 1 amide bonds. The van der Waals surface area contributed by atoms with E-state index in [4.69, 9.17) is 5.73 Å². The third kappa shape index (κ3) is 5.70. The van der Waals surface area contributed by atoms with Gasteiger partial charge in [0, 0.05) is 23.9 Å². The first kappa shape index (κ1) is 16.1. The van der Waals surface area contributed by atoms with Crippen LogP contribution in [0.5, 0.6) is 0 Å². The molecular weight excluding hydrogens is 258 g/mol. The van der Waals surface area contributed by atoms with Crippen LogP contribution in [0.15, 0.2) is 5.38 Å². The van der Waals surface area contributed by atoms with Crippen LogP contribution >= 0.6 is 11.3 Å². The number of carbonyl (C=O) groups is 1. The quantitative estimate of drug-likeness (QED) is 0.770. The van der Waals surface area contributed by atoms with E-state index in [1.807, 2.05) is 6.92 Å². The minimum atomic E-state index is -0.262. The van der Waals surface area contributed by atoms with Gasteiger partial charge in [-0.15, -0.1) is 11.3 Å². The standard InChI is InChI=1S/C14H25N3OS/c1-4-14(15,5-2)10-16-13(18)8-6-7-12-9-19-11(3)17-12/h9H,4-8,10,15H2,1-3H3,(H,16,18). The Morgan fingerprint density at radius 3 is 2.68 bits per heavy atom. The molecule has 0 aliphatic rings. The molecule has 0 saturated heterocycles. The van der Waals surface area contributed by atoms with E-state index < -0.39 is 0 Å². The molecule has 1 aromatic heterocycles. The number of nitrogens with two attached hydrogens (primary N) is 1. The molecule has 0 fully saturated rings. The van der Waals surface area contributed by atoms with Gasteiger partial charge in [-0.3, -0.25) is 4.79 Å². The highest BCUT2D eigenvalue weighted by Crippen LogP contribution is 2.11. The molecule has 108 valence electrons. The Morgan fingerprint density at radius 1 is 1.47 bits per heavy atom. The van der Waals surface area contributed by atoms with Crippen molar-refractivity contribution in [1.29, 1.82) is 0 Å². The average molecular weight is 283 g/mol.